The molecule has 1 aromatic heterocycles. The quantitative estimate of drug-likeness (QED) is 0.228. The Morgan fingerprint density at radius 2 is 1.82 bits per heavy atom. The number of aliphatic carboxylic acids is 1. The molecular formula is C29H30N2O5S2. The van der Waals surface area contributed by atoms with E-state index in [9.17, 15) is 13.2 Å². The van der Waals surface area contributed by atoms with Crippen LogP contribution in [0.3, 0.4) is 0 Å². The molecule has 38 heavy (non-hydrogen) atoms. The molecule has 0 bridgehead atoms. The maximum Gasteiger partial charge on any atom is 0.328 e. The number of carboxylic acids is 1. The van der Waals surface area contributed by atoms with Crippen molar-refractivity contribution in [1.29, 1.82) is 0 Å². The monoisotopic (exact) mass is 550 g/mol. The van der Waals surface area contributed by atoms with Crippen molar-refractivity contribution >= 4 is 49.9 Å². The summed E-state index contributed by atoms with van der Waals surface area (Å²) < 4.78 is 35.4. The van der Waals surface area contributed by atoms with Crippen molar-refractivity contribution in [2.45, 2.75) is 38.6 Å². The fourth-order valence-electron chi connectivity index (χ4n) is 4.03. The Bertz CT molecular complexity index is 1610. The molecule has 0 amide bonds. The molecule has 0 aliphatic heterocycles. The maximum atomic E-state index is 13.8. The highest BCUT2D eigenvalue weighted by Gasteiger charge is 2.31. The molecule has 7 nitrogen and oxygen atoms in total. The molecule has 0 saturated heterocycles. The first kappa shape index (κ1) is 27.3. The molecule has 198 valence electrons. The highest BCUT2D eigenvalue weighted by atomic mass is 32.2. The van der Waals surface area contributed by atoms with Gasteiger partial charge < -0.3 is 9.84 Å². The van der Waals surface area contributed by atoms with Gasteiger partial charge in [0.25, 0.3) is 10.0 Å². The molecule has 0 saturated carbocycles. The van der Waals surface area contributed by atoms with E-state index >= 15 is 0 Å². The molecule has 0 spiro atoms. The number of rotatable bonds is 10. The van der Waals surface area contributed by atoms with E-state index in [1.807, 2.05) is 75.4 Å². The number of hydrogen-bond acceptors (Lipinski definition) is 6. The lowest BCUT2D eigenvalue weighted by molar-refractivity contribution is -0.131. The number of thiazole rings is 1. The SMILES string of the molecule is Cc1csc(S(=O)(=O)N(CC(C)C)c2cc3ccccc3cc2OCc2ccc(C=CC(=O)O)cc2C)n1. The summed E-state index contributed by atoms with van der Waals surface area (Å²) in [6.45, 7) is 8.13. The second-order valence-corrected chi connectivity index (χ2v) is 12.4. The van der Waals surface area contributed by atoms with Crippen LogP contribution in [-0.4, -0.2) is 31.0 Å². The Kier molecular flexibility index (Phi) is 8.18. The summed E-state index contributed by atoms with van der Waals surface area (Å²) in [7, 11) is -3.92. The number of aromatic nitrogens is 1. The van der Waals surface area contributed by atoms with Gasteiger partial charge in [-0.15, -0.1) is 11.3 Å². The molecular weight excluding hydrogens is 520 g/mol. The normalized spacial score (nSPS) is 11.9. The molecule has 1 N–H and O–H groups in total. The number of fused-ring (bicyclic) bond motifs is 1. The fourth-order valence-corrected chi connectivity index (χ4v) is 6.79. The number of aryl methyl sites for hydroxylation is 2. The van der Waals surface area contributed by atoms with Gasteiger partial charge in [0.15, 0.2) is 0 Å². The molecule has 0 aliphatic rings. The average Bonchev–Trinajstić information content (AvgIpc) is 3.32. The first-order valence-electron chi connectivity index (χ1n) is 12.2. The minimum Gasteiger partial charge on any atom is -0.487 e. The smallest absolute Gasteiger partial charge is 0.328 e. The number of nitrogens with zero attached hydrogens (tertiary/aromatic N) is 2. The molecule has 1 heterocycles. The lowest BCUT2D eigenvalue weighted by Gasteiger charge is -2.27. The zero-order valence-corrected chi connectivity index (χ0v) is 23.3. The number of carbonyl (C=O) groups is 1. The van der Waals surface area contributed by atoms with Crippen molar-refractivity contribution < 1.29 is 23.1 Å². The lowest BCUT2D eigenvalue weighted by Crippen LogP contribution is -2.34. The van der Waals surface area contributed by atoms with Gasteiger partial charge in [0.05, 0.1) is 5.69 Å². The molecule has 0 atom stereocenters. The molecule has 0 unspecified atom stereocenters. The van der Waals surface area contributed by atoms with Gasteiger partial charge in [-0.1, -0.05) is 56.3 Å². The molecule has 0 fully saturated rings. The molecule has 3 aromatic carbocycles. The van der Waals surface area contributed by atoms with Crippen molar-refractivity contribution in [3.63, 3.8) is 0 Å². The van der Waals surface area contributed by atoms with Crippen LogP contribution in [-0.2, 0) is 21.4 Å². The van der Waals surface area contributed by atoms with Crippen LogP contribution < -0.4 is 9.04 Å². The second kappa shape index (κ2) is 11.4. The van der Waals surface area contributed by atoms with E-state index in [1.54, 1.807) is 12.3 Å². The molecule has 9 heteroatoms. The molecule has 0 aliphatic carbocycles. The van der Waals surface area contributed by atoms with Crippen LogP contribution in [0.15, 0.2) is 70.4 Å². The van der Waals surface area contributed by atoms with Crippen LogP contribution in [0, 0.1) is 19.8 Å². The zero-order valence-electron chi connectivity index (χ0n) is 21.7. The van der Waals surface area contributed by atoms with Gasteiger partial charge in [-0.05, 0) is 65.4 Å². The van der Waals surface area contributed by atoms with Crippen LogP contribution in [0.25, 0.3) is 16.8 Å². The van der Waals surface area contributed by atoms with Crippen LogP contribution in [0.1, 0.15) is 36.2 Å². The summed E-state index contributed by atoms with van der Waals surface area (Å²) in [4.78, 5) is 15.1. The standard InChI is InChI=1S/C29H30N2O5S2/c1-19(2)16-31(38(34,35)29-30-21(4)18-37-29)26-14-23-7-5-6-8-24(23)15-27(26)36-17-25-11-9-22(13-20(25)3)10-12-28(32)33/h5-15,18-19H,16-17H2,1-4H3,(H,32,33). The largest absolute Gasteiger partial charge is 0.487 e. The van der Waals surface area contributed by atoms with Gasteiger partial charge in [0, 0.05) is 23.7 Å². The number of hydrogen-bond donors (Lipinski definition) is 1. The summed E-state index contributed by atoms with van der Waals surface area (Å²) >= 11 is 1.11. The van der Waals surface area contributed by atoms with E-state index in [0.717, 1.165) is 44.9 Å². The van der Waals surface area contributed by atoms with E-state index in [1.165, 1.54) is 10.4 Å². The molecule has 4 rings (SSSR count). The molecule has 4 aromatic rings. The van der Waals surface area contributed by atoms with Gasteiger partial charge >= 0.3 is 5.97 Å². The summed E-state index contributed by atoms with van der Waals surface area (Å²) in [5.41, 5.74) is 3.73. The first-order valence-corrected chi connectivity index (χ1v) is 14.5. The van der Waals surface area contributed by atoms with Crippen molar-refractivity contribution in [1.82, 2.24) is 4.98 Å². The van der Waals surface area contributed by atoms with E-state index in [0.29, 0.717) is 17.1 Å². The predicted octanol–water partition coefficient (Wildman–Crippen LogP) is 6.44. The summed E-state index contributed by atoms with van der Waals surface area (Å²) in [6.07, 6.45) is 2.64. The Morgan fingerprint density at radius 3 is 2.42 bits per heavy atom. The lowest BCUT2D eigenvalue weighted by atomic mass is 10.1. The van der Waals surface area contributed by atoms with E-state index < -0.39 is 16.0 Å². The third-order valence-corrected chi connectivity index (χ3v) is 9.03. The summed E-state index contributed by atoms with van der Waals surface area (Å²) in [5, 5.41) is 12.5. The summed E-state index contributed by atoms with van der Waals surface area (Å²) in [5.74, 6) is -0.498. The number of sulfonamides is 1. The van der Waals surface area contributed by atoms with Crippen molar-refractivity contribution in [2.24, 2.45) is 5.92 Å². The van der Waals surface area contributed by atoms with Gasteiger partial charge in [-0.25, -0.2) is 9.78 Å². The van der Waals surface area contributed by atoms with Crippen LogP contribution >= 0.6 is 11.3 Å². The van der Waals surface area contributed by atoms with Gasteiger partial charge in [0.1, 0.15) is 12.4 Å². The Hall–Kier alpha value is -3.69. The Morgan fingerprint density at radius 1 is 1.11 bits per heavy atom. The fraction of sp³-hybridized carbons (Fsp3) is 0.241. The van der Waals surface area contributed by atoms with E-state index in [-0.39, 0.29) is 23.4 Å². The molecule has 0 radical (unpaired) electrons. The van der Waals surface area contributed by atoms with Crippen molar-refractivity contribution in [3.8, 4) is 5.75 Å². The van der Waals surface area contributed by atoms with Crippen LogP contribution in [0.2, 0.25) is 0 Å². The van der Waals surface area contributed by atoms with Crippen molar-refractivity contribution in [2.75, 3.05) is 10.8 Å². The average molecular weight is 551 g/mol. The van der Waals surface area contributed by atoms with E-state index in [2.05, 4.69) is 4.98 Å². The van der Waals surface area contributed by atoms with Gasteiger partial charge in [-0.2, -0.15) is 8.42 Å². The van der Waals surface area contributed by atoms with Gasteiger partial charge in [-0.3, -0.25) is 4.31 Å². The Balaban J connectivity index is 1.76. The third kappa shape index (κ3) is 6.23. The first-order chi connectivity index (χ1) is 18.0. The Labute approximate surface area is 227 Å². The summed E-state index contributed by atoms with van der Waals surface area (Å²) in [6, 6.07) is 17.1. The number of carboxylic acid groups (broad SMARTS) is 1. The number of ether oxygens (including phenoxy) is 1. The van der Waals surface area contributed by atoms with Crippen molar-refractivity contribution in [3.05, 3.63) is 88.4 Å². The third-order valence-electron chi connectivity index (χ3n) is 5.90. The number of anilines is 1. The maximum absolute atomic E-state index is 13.8. The van der Waals surface area contributed by atoms with Crippen LogP contribution in [0.5, 0.6) is 5.75 Å². The highest BCUT2D eigenvalue weighted by molar-refractivity contribution is 7.94. The van der Waals surface area contributed by atoms with E-state index in [4.69, 9.17) is 9.84 Å². The topological polar surface area (TPSA) is 96.8 Å². The minimum atomic E-state index is -3.92. The number of benzene rings is 3. The second-order valence-electron chi connectivity index (χ2n) is 9.50. The zero-order chi connectivity index (χ0) is 27.4. The highest BCUT2D eigenvalue weighted by Crippen LogP contribution is 2.38. The van der Waals surface area contributed by atoms with Crippen LogP contribution in [0.4, 0.5) is 5.69 Å². The predicted molar refractivity (Wildman–Crippen MR) is 152 cm³/mol. The minimum absolute atomic E-state index is 0.0515. The van der Waals surface area contributed by atoms with Gasteiger partial charge in [0.2, 0.25) is 4.34 Å².